The number of esters is 1. The molecule has 1 unspecified atom stereocenters. The van der Waals surface area contributed by atoms with Gasteiger partial charge in [0.25, 0.3) is 0 Å². The third-order valence-electron chi connectivity index (χ3n) is 6.69. The second-order valence-electron chi connectivity index (χ2n) is 9.82. The van der Waals surface area contributed by atoms with Gasteiger partial charge in [-0.2, -0.15) is 0 Å². The van der Waals surface area contributed by atoms with Gasteiger partial charge in [-0.15, -0.1) is 0 Å². The molecule has 9 nitrogen and oxygen atoms in total. The molecule has 0 aromatic heterocycles. The Labute approximate surface area is 212 Å². The maximum Gasteiger partial charge on any atom is 0.331 e. The lowest BCUT2D eigenvalue weighted by molar-refractivity contribution is -0.147. The second kappa shape index (κ2) is 14.2. The van der Waals surface area contributed by atoms with E-state index in [1.54, 1.807) is 39.0 Å². The quantitative estimate of drug-likeness (QED) is 0.259. The van der Waals surface area contributed by atoms with E-state index in [4.69, 9.17) is 9.47 Å². The van der Waals surface area contributed by atoms with Crippen LogP contribution in [0.15, 0.2) is 36.0 Å². The van der Waals surface area contributed by atoms with Crippen molar-refractivity contribution in [1.82, 2.24) is 5.32 Å². The standard InChI is InChI=1S/C27H39NO8/c1-16(21(30)15-20(29)12-19-13-23(31)28-24(32)14-19)11-17(2)27-18(3)26(34)22(35-4)9-7-5-6-8-10-25(33)36-27/h7-11,16,18-20,22,26-27,29,34H,5-6,12-15H2,1-4H3,(H,28,31,32)/b9-7+,10-8+,17-11+/t16-,18-,20+,22-,26-,27?/m0/s1. The first-order chi connectivity index (χ1) is 17.0. The number of carbonyl (C=O) groups is 4. The number of amides is 2. The summed E-state index contributed by atoms with van der Waals surface area (Å²) in [6.45, 7) is 5.18. The fourth-order valence-corrected chi connectivity index (χ4v) is 4.68. The summed E-state index contributed by atoms with van der Waals surface area (Å²) in [6, 6.07) is 0. The molecule has 9 heteroatoms. The molecule has 1 fully saturated rings. The Bertz CT molecular complexity index is 876. The predicted octanol–water partition coefficient (Wildman–Crippen LogP) is 2.16. The number of aliphatic hydroxyl groups excluding tert-OH is 2. The van der Waals surface area contributed by atoms with Crippen molar-refractivity contribution >= 4 is 23.6 Å². The molecule has 6 atom stereocenters. The highest BCUT2D eigenvalue weighted by Crippen LogP contribution is 2.26. The van der Waals surface area contributed by atoms with Crippen LogP contribution in [-0.2, 0) is 28.7 Å². The van der Waals surface area contributed by atoms with E-state index in [-0.39, 0.29) is 49.2 Å². The first-order valence-electron chi connectivity index (χ1n) is 12.5. The fourth-order valence-electron chi connectivity index (χ4n) is 4.68. The van der Waals surface area contributed by atoms with Crippen molar-refractivity contribution in [2.45, 2.75) is 83.7 Å². The first-order valence-corrected chi connectivity index (χ1v) is 12.5. The van der Waals surface area contributed by atoms with Gasteiger partial charge < -0.3 is 19.7 Å². The molecule has 2 aliphatic rings. The Morgan fingerprint density at radius 3 is 2.50 bits per heavy atom. The lowest BCUT2D eigenvalue weighted by Gasteiger charge is -2.31. The van der Waals surface area contributed by atoms with Crippen molar-refractivity contribution in [2.24, 2.45) is 17.8 Å². The maximum absolute atomic E-state index is 12.8. The molecule has 2 heterocycles. The summed E-state index contributed by atoms with van der Waals surface area (Å²) in [5.74, 6) is -2.92. The summed E-state index contributed by atoms with van der Waals surface area (Å²) >= 11 is 0. The van der Waals surface area contributed by atoms with Gasteiger partial charge in [0.15, 0.2) is 0 Å². The van der Waals surface area contributed by atoms with E-state index in [9.17, 15) is 29.4 Å². The monoisotopic (exact) mass is 505 g/mol. The Morgan fingerprint density at radius 1 is 1.22 bits per heavy atom. The lowest BCUT2D eigenvalue weighted by atomic mass is 9.86. The van der Waals surface area contributed by atoms with E-state index in [1.807, 2.05) is 6.08 Å². The van der Waals surface area contributed by atoms with Gasteiger partial charge in [-0.05, 0) is 37.7 Å². The Balaban J connectivity index is 2.10. The minimum absolute atomic E-state index is 0.126. The molecule has 0 aliphatic carbocycles. The van der Waals surface area contributed by atoms with Crippen molar-refractivity contribution in [3.63, 3.8) is 0 Å². The highest BCUT2D eigenvalue weighted by atomic mass is 16.5. The molecule has 0 saturated carbocycles. The Morgan fingerprint density at radius 2 is 1.86 bits per heavy atom. The van der Waals surface area contributed by atoms with Gasteiger partial charge in [-0.25, -0.2) is 4.79 Å². The number of aliphatic hydroxyl groups is 2. The lowest BCUT2D eigenvalue weighted by Crippen LogP contribution is -2.41. The molecule has 2 aliphatic heterocycles. The third kappa shape index (κ3) is 9.11. The average Bonchev–Trinajstić information content (AvgIpc) is 2.79. The van der Waals surface area contributed by atoms with Crippen molar-refractivity contribution in [1.29, 1.82) is 0 Å². The summed E-state index contributed by atoms with van der Waals surface area (Å²) in [5, 5.41) is 23.6. The number of carbonyl (C=O) groups excluding carboxylic acids is 4. The van der Waals surface area contributed by atoms with Crippen LogP contribution in [0.3, 0.4) is 0 Å². The normalized spacial score (nSPS) is 30.3. The van der Waals surface area contributed by atoms with Gasteiger partial charge in [0.1, 0.15) is 18.0 Å². The zero-order valence-electron chi connectivity index (χ0n) is 21.5. The SMILES string of the molecule is CO[C@H]1/C=C/CC/C=C/C(=O)OC(/C(C)=C/[C@H](C)C(=O)C[C@H](O)CC2CC(=O)NC(=O)C2)[C@@H](C)[C@@H]1O. The Hall–Kier alpha value is -2.62. The van der Waals surface area contributed by atoms with Crippen LogP contribution in [0.5, 0.6) is 0 Å². The van der Waals surface area contributed by atoms with Gasteiger partial charge in [-0.3, -0.25) is 19.7 Å². The number of ketones is 1. The minimum atomic E-state index is -0.975. The summed E-state index contributed by atoms with van der Waals surface area (Å²) < 4.78 is 11.1. The molecular formula is C27H39NO8. The summed E-state index contributed by atoms with van der Waals surface area (Å²) in [4.78, 5) is 48.3. The number of Topliss-reactive ketones (excluding diaryl/α,β-unsaturated/α-hetero) is 1. The van der Waals surface area contributed by atoms with Gasteiger partial charge >= 0.3 is 5.97 Å². The molecule has 0 spiro atoms. The van der Waals surface area contributed by atoms with Crippen LogP contribution in [0.25, 0.3) is 0 Å². The van der Waals surface area contributed by atoms with E-state index < -0.39 is 42.2 Å². The van der Waals surface area contributed by atoms with E-state index >= 15 is 0 Å². The van der Waals surface area contributed by atoms with Crippen LogP contribution in [0.2, 0.25) is 0 Å². The van der Waals surface area contributed by atoms with E-state index in [2.05, 4.69) is 5.32 Å². The topological polar surface area (TPSA) is 139 Å². The van der Waals surface area contributed by atoms with Crippen LogP contribution < -0.4 is 5.32 Å². The van der Waals surface area contributed by atoms with Crippen molar-refractivity contribution in [3.8, 4) is 0 Å². The number of cyclic esters (lactones) is 1. The molecule has 0 aromatic rings. The molecule has 2 rings (SSSR count). The summed E-state index contributed by atoms with van der Waals surface area (Å²) in [6.07, 6.45) is 6.84. The molecular weight excluding hydrogens is 466 g/mol. The Kier molecular flexibility index (Phi) is 11.7. The van der Waals surface area contributed by atoms with Crippen molar-refractivity contribution < 1.29 is 38.9 Å². The summed E-state index contributed by atoms with van der Waals surface area (Å²) in [5.41, 5.74) is 0.601. The number of methoxy groups -OCH3 is 1. The molecule has 36 heavy (non-hydrogen) atoms. The first kappa shape index (κ1) is 29.6. The number of piperidine rings is 1. The smallest absolute Gasteiger partial charge is 0.331 e. The van der Waals surface area contributed by atoms with Crippen molar-refractivity contribution in [2.75, 3.05) is 7.11 Å². The minimum Gasteiger partial charge on any atom is -0.454 e. The zero-order valence-corrected chi connectivity index (χ0v) is 21.5. The number of rotatable bonds is 8. The largest absolute Gasteiger partial charge is 0.454 e. The van der Waals surface area contributed by atoms with Crippen LogP contribution in [-0.4, -0.2) is 65.3 Å². The zero-order chi connectivity index (χ0) is 26.8. The second-order valence-corrected chi connectivity index (χ2v) is 9.82. The van der Waals surface area contributed by atoms with Crippen LogP contribution in [0.1, 0.15) is 59.3 Å². The number of hydrogen-bond donors (Lipinski definition) is 3. The van der Waals surface area contributed by atoms with E-state index in [0.29, 0.717) is 18.4 Å². The number of ether oxygens (including phenoxy) is 2. The third-order valence-corrected chi connectivity index (χ3v) is 6.69. The number of allylic oxidation sites excluding steroid dienone is 3. The van der Waals surface area contributed by atoms with Crippen molar-refractivity contribution in [3.05, 3.63) is 36.0 Å². The highest BCUT2D eigenvalue weighted by Gasteiger charge is 2.33. The van der Waals surface area contributed by atoms with E-state index in [0.717, 1.165) is 0 Å². The highest BCUT2D eigenvalue weighted by molar-refractivity contribution is 5.97. The number of hydrogen-bond acceptors (Lipinski definition) is 8. The average molecular weight is 506 g/mol. The molecule has 0 aromatic carbocycles. The van der Waals surface area contributed by atoms with Crippen LogP contribution in [0, 0.1) is 17.8 Å². The molecule has 3 N–H and O–H groups in total. The molecule has 2 amide bonds. The van der Waals surface area contributed by atoms with Gasteiger partial charge in [0.2, 0.25) is 11.8 Å². The molecule has 1 saturated heterocycles. The van der Waals surface area contributed by atoms with Gasteiger partial charge in [-0.1, -0.05) is 38.2 Å². The molecule has 200 valence electrons. The summed E-state index contributed by atoms with van der Waals surface area (Å²) in [7, 11) is 1.50. The van der Waals surface area contributed by atoms with E-state index in [1.165, 1.54) is 13.2 Å². The van der Waals surface area contributed by atoms with Gasteiger partial charge in [0.05, 0.1) is 12.2 Å². The van der Waals surface area contributed by atoms with Crippen LogP contribution in [0.4, 0.5) is 0 Å². The number of nitrogens with one attached hydrogen (secondary N) is 1. The molecule has 0 bridgehead atoms. The van der Waals surface area contributed by atoms with Gasteiger partial charge in [0, 0.05) is 44.3 Å². The maximum atomic E-state index is 12.8. The van der Waals surface area contributed by atoms with Crippen LogP contribution >= 0.6 is 0 Å². The fraction of sp³-hybridized carbons (Fsp3) is 0.630. The number of imide groups is 1. The predicted molar refractivity (Wildman–Crippen MR) is 132 cm³/mol. The molecule has 0 radical (unpaired) electrons.